The lowest BCUT2D eigenvalue weighted by Gasteiger charge is -2.33. The highest BCUT2D eigenvalue weighted by Crippen LogP contribution is 2.36. The Balaban J connectivity index is 1.72. The molecule has 1 heterocycles. The number of benzene rings is 1. The van der Waals surface area contributed by atoms with Crippen LogP contribution >= 0.6 is 0 Å². The van der Waals surface area contributed by atoms with Crippen molar-refractivity contribution in [2.45, 2.75) is 76.9 Å². The minimum Gasteiger partial charge on any atom is -0.471 e. The first-order valence-electron chi connectivity index (χ1n) is 10.9. The number of nitrogens with zero attached hydrogens (tertiary/aromatic N) is 2. The average Bonchev–Trinajstić information content (AvgIpc) is 2.73. The first kappa shape index (κ1) is 24.6. The smallest absolute Gasteiger partial charge is 0.421 e. The summed E-state index contributed by atoms with van der Waals surface area (Å²) in [6.07, 6.45) is -2.12. The second kappa shape index (κ2) is 10.3. The van der Waals surface area contributed by atoms with E-state index in [0.29, 0.717) is 18.4 Å². The van der Waals surface area contributed by atoms with Crippen molar-refractivity contribution in [1.82, 2.24) is 15.5 Å². The fourth-order valence-corrected chi connectivity index (χ4v) is 3.61. The van der Waals surface area contributed by atoms with E-state index in [9.17, 15) is 18.0 Å². The molecule has 0 saturated heterocycles. The number of carbonyl (C=O) groups excluding carboxylic acids is 1. The maximum atomic E-state index is 13.7. The van der Waals surface area contributed by atoms with Gasteiger partial charge in [-0.2, -0.15) is 13.2 Å². The van der Waals surface area contributed by atoms with Crippen LogP contribution in [0.2, 0.25) is 0 Å². The van der Waals surface area contributed by atoms with Crippen molar-refractivity contribution in [3.8, 4) is 5.88 Å². The molecule has 0 radical (unpaired) electrons. The summed E-state index contributed by atoms with van der Waals surface area (Å²) in [5.74, 6) is -0.610. The van der Waals surface area contributed by atoms with E-state index in [0.717, 1.165) is 18.9 Å². The highest BCUT2D eigenvalue weighted by molar-refractivity contribution is 5.68. The number of amides is 1. The Morgan fingerprint density at radius 3 is 2.36 bits per heavy atom. The zero-order valence-electron chi connectivity index (χ0n) is 18.9. The second-order valence-electron chi connectivity index (χ2n) is 9.01. The molecule has 180 valence electrons. The Morgan fingerprint density at radius 1 is 1.06 bits per heavy atom. The summed E-state index contributed by atoms with van der Waals surface area (Å²) in [4.78, 5) is 12.2. The van der Waals surface area contributed by atoms with Crippen LogP contribution in [0.4, 0.5) is 23.8 Å². The first-order chi connectivity index (χ1) is 15.5. The fourth-order valence-electron chi connectivity index (χ4n) is 3.61. The van der Waals surface area contributed by atoms with Gasteiger partial charge in [0.1, 0.15) is 23.6 Å². The van der Waals surface area contributed by atoms with Crippen LogP contribution in [0.1, 0.15) is 57.6 Å². The van der Waals surface area contributed by atoms with E-state index >= 15 is 0 Å². The van der Waals surface area contributed by atoms with Crippen molar-refractivity contribution in [1.29, 1.82) is 0 Å². The van der Waals surface area contributed by atoms with Crippen molar-refractivity contribution >= 4 is 11.9 Å². The highest BCUT2D eigenvalue weighted by Gasteiger charge is 2.37. The molecule has 1 saturated carbocycles. The predicted octanol–water partition coefficient (Wildman–Crippen LogP) is 5.32. The summed E-state index contributed by atoms with van der Waals surface area (Å²) in [7, 11) is 0. The zero-order valence-corrected chi connectivity index (χ0v) is 18.9. The number of aromatic nitrogens is 2. The number of ether oxygens (including phenoxy) is 2. The van der Waals surface area contributed by atoms with Crippen LogP contribution in [0.25, 0.3) is 0 Å². The van der Waals surface area contributed by atoms with Crippen LogP contribution in [0.3, 0.4) is 0 Å². The van der Waals surface area contributed by atoms with Crippen LogP contribution in [-0.4, -0.2) is 34.0 Å². The molecule has 3 rings (SSSR count). The Hall–Kier alpha value is -3.04. The molecule has 2 aromatic rings. The number of hydrogen-bond donors (Lipinski definition) is 2. The number of alkyl carbamates (subject to hydrolysis) is 1. The Kier molecular flexibility index (Phi) is 7.65. The summed E-state index contributed by atoms with van der Waals surface area (Å²) in [5, 5.41) is 13.4. The summed E-state index contributed by atoms with van der Waals surface area (Å²) < 4.78 is 51.7. The van der Waals surface area contributed by atoms with Crippen molar-refractivity contribution in [2.75, 3.05) is 5.32 Å². The molecule has 0 spiro atoms. The van der Waals surface area contributed by atoms with Gasteiger partial charge in [0.05, 0.1) is 6.04 Å². The predicted molar refractivity (Wildman–Crippen MR) is 117 cm³/mol. The molecule has 1 aliphatic carbocycles. The quantitative estimate of drug-likeness (QED) is 0.599. The van der Waals surface area contributed by atoms with E-state index in [1.54, 1.807) is 51.1 Å². The van der Waals surface area contributed by atoms with Gasteiger partial charge in [-0.15, -0.1) is 10.2 Å². The molecule has 1 fully saturated rings. The topological polar surface area (TPSA) is 85.4 Å². The van der Waals surface area contributed by atoms with Gasteiger partial charge in [-0.1, -0.05) is 43.2 Å². The maximum absolute atomic E-state index is 13.7. The van der Waals surface area contributed by atoms with Gasteiger partial charge in [-0.05, 0) is 39.2 Å². The largest absolute Gasteiger partial charge is 0.471 e. The summed E-state index contributed by atoms with van der Waals surface area (Å²) in [6.45, 7) is 5.23. The third-order valence-electron chi connectivity index (χ3n) is 5.09. The SMILES string of the molecule is CC(C)(C)OC(=O)N[C@@H]1CCCC[C@H]1Nc1cc(C(F)(F)F)c(OCc2ccccc2)nn1. The number of anilines is 1. The third kappa shape index (κ3) is 7.50. The Morgan fingerprint density at radius 2 is 1.73 bits per heavy atom. The molecule has 1 aromatic heterocycles. The van der Waals surface area contributed by atoms with Gasteiger partial charge in [0.25, 0.3) is 0 Å². The van der Waals surface area contributed by atoms with Crippen molar-refractivity contribution in [2.24, 2.45) is 0 Å². The van der Waals surface area contributed by atoms with Crippen LogP contribution < -0.4 is 15.4 Å². The third-order valence-corrected chi connectivity index (χ3v) is 5.09. The molecule has 10 heteroatoms. The number of alkyl halides is 3. The van der Waals surface area contributed by atoms with E-state index in [1.807, 2.05) is 0 Å². The lowest BCUT2D eigenvalue weighted by Crippen LogP contribution is -2.49. The molecule has 2 atom stereocenters. The van der Waals surface area contributed by atoms with Gasteiger partial charge in [0, 0.05) is 12.1 Å². The minimum atomic E-state index is -4.67. The Bertz CT molecular complexity index is 933. The van der Waals surface area contributed by atoms with Gasteiger partial charge in [-0.3, -0.25) is 0 Å². The summed E-state index contributed by atoms with van der Waals surface area (Å²) in [5.41, 5.74) is -0.944. The molecule has 7 nitrogen and oxygen atoms in total. The van der Waals surface area contributed by atoms with Crippen LogP contribution in [0, 0.1) is 0 Å². The summed E-state index contributed by atoms with van der Waals surface area (Å²) in [6, 6.07) is 9.13. The molecule has 0 aliphatic heterocycles. The number of nitrogens with one attached hydrogen (secondary N) is 2. The van der Waals surface area contributed by atoms with Gasteiger partial charge in [-0.25, -0.2) is 4.79 Å². The van der Waals surface area contributed by atoms with Crippen LogP contribution in [0.5, 0.6) is 5.88 Å². The maximum Gasteiger partial charge on any atom is 0.421 e. The average molecular weight is 467 g/mol. The fraction of sp³-hybridized carbons (Fsp3) is 0.522. The van der Waals surface area contributed by atoms with Crippen molar-refractivity contribution in [3.63, 3.8) is 0 Å². The van der Waals surface area contributed by atoms with Crippen molar-refractivity contribution in [3.05, 3.63) is 47.5 Å². The number of halogens is 3. The molecular formula is C23H29F3N4O3. The molecule has 0 bridgehead atoms. The van der Waals surface area contributed by atoms with E-state index in [-0.39, 0.29) is 24.5 Å². The van der Waals surface area contributed by atoms with E-state index in [4.69, 9.17) is 9.47 Å². The van der Waals surface area contributed by atoms with Gasteiger partial charge < -0.3 is 20.1 Å². The zero-order chi connectivity index (χ0) is 24.1. The number of carbonyl (C=O) groups is 1. The Labute approximate surface area is 191 Å². The lowest BCUT2D eigenvalue weighted by atomic mass is 9.90. The molecule has 1 aromatic carbocycles. The van der Waals surface area contributed by atoms with E-state index in [1.165, 1.54) is 0 Å². The summed E-state index contributed by atoms with van der Waals surface area (Å²) >= 11 is 0. The first-order valence-corrected chi connectivity index (χ1v) is 10.9. The van der Waals surface area contributed by atoms with Crippen molar-refractivity contribution < 1.29 is 27.4 Å². The van der Waals surface area contributed by atoms with Gasteiger partial charge in [0.15, 0.2) is 0 Å². The highest BCUT2D eigenvalue weighted by atomic mass is 19.4. The molecule has 2 N–H and O–H groups in total. The van der Waals surface area contributed by atoms with Crippen LogP contribution in [-0.2, 0) is 17.5 Å². The molecule has 1 aliphatic rings. The molecule has 0 unspecified atom stereocenters. The number of hydrogen-bond acceptors (Lipinski definition) is 6. The molecular weight excluding hydrogens is 437 g/mol. The molecule has 33 heavy (non-hydrogen) atoms. The van der Waals surface area contributed by atoms with Gasteiger partial charge in [0.2, 0.25) is 5.88 Å². The minimum absolute atomic E-state index is 0.0303. The second-order valence-corrected chi connectivity index (χ2v) is 9.01. The van der Waals surface area contributed by atoms with E-state index < -0.39 is 29.3 Å². The monoisotopic (exact) mass is 466 g/mol. The normalized spacial score (nSPS) is 19.0. The van der Waals surface area contributed by atoms with Crippen LogP contribution in [0.15, 0.2) is 36.4 Å². The standard InChI is InChI=1S/C23H29F3N4O3/c1-22(2,3)33-21(31)28-18-12-8-7-11-17(18)27-19-13-16(23(24,25)26)20(30-29-19)32-14-15-9-5-4-6-10-15/h4-6,9-10,13,17-18H,7-8,11-12,14H2,1-3H3,(H,27,29)(H,28,31)/t17-,18-/m1/s1. The number of rotatable bonds is 6. The lowest BCUT2D eigenvalue weighted by molar-refractivity contribution is -0.139. The molecule has 1 amide bonds. The van der Waals surface area contributed by atoms with E-state index in [2.05, 4.69) is 20.8 Å². The van der Waals surface area contributed by atoms with Gasteiger partial charge >= 0.3 is 12.3 Å².